The molecule has 0 fully saturated rings. The molecule has 0 aliphatic rings. The van der Waals surface area contributed by atoms with Crippen LogP contribution in [0.3, 0.4) is 0 Å². The van der Waals surface area contributed by atoms with Crippen LogP contribution in [0, 0.1) is 11.3 Å². The minimum absolute atomic E-state index is 0.0742. The molecule has 0 aliphatic carbocycles. The largest absolute Gasteiger partial charge is 0.508 e. The molecule has 106 valence electrons. The first-order valence-electron chi connectivity index (χ1n) is 6.03. The maximum atomic E-state index is 12.3. The number of phenols is 1. The Kier molecular flexibility index (Phi) is 3.95. The number of nitrogens with zero attached hydrogens (tertiary/aromatic N) is 1. The summed E-state index contributed by atoms with van der Waals surface area (Å²) in [6.45, 7) is 0. The van der Waals surface area contributed by atoms with Gasteiger partial charge in [0.2, 0.25) is 0 Å². The highest BCUT2D eigenvalue weighted by molar-refractivity contribution is 6.09. The number of nitrogens with one attached hydrogen (secondary N) is 1. The summed E-state index contributed by atoms with van der Waals surface area (Å²) >= 11 is 0. The monoisotopic (exact) mass is 283 g/mol. The van der Waals surface area contributed by atoms with Gasteiger partial charge in [-0.15, -0.1) is 0 Å². The van der Waals surface area contributed by atoms with Crippen LogP contribution in [0.15, 0.2) is 36.4 Å². The molecule has 0 saturated carbocycles. The zero-order valence-corrected chi connectivity index (χ0v) is 11.3. The summed E-state index contributed by atoms with van der Waals surface area (Å²) in [5.41, 5.74) is 6.58. The predicted molar refractivity (Wildman–Crippen MR) is 78.2 cm³/mol. The number of ether oxygens (including phenoxy) is 1. The van der Waals surface area contributed by atoms with Crippen molar-refractivity contribution < 1.29 is 14.6 Å². The molecule has 0 aliphatic heterocycles. The van der Waals surface area contributed by atoms with Crippen molar-refractivity contribution >= 4 is 17.3 Å². The van der Waals surface area contributed by atoms with E-state index in [1.165, 1.54) is 25.3 Å². The molecule has 6 nitrogen and oxygen atoms in total. The van der Waals surface area contributed by atoms with Crippen molar-refractivity contribution in [2.45, 2.75) is 0 Å². The van der Waals surface area contributed by atoms with Crippen molar-refractivity contribution in [3.8, 4) is 17.6 Å². The predicted octanol–water partition coefficient (Wildman–Crippen LogP) is 2.11. The number of phenolic OH excluding ortho intramolecular Hbond substituents is 1. The van der Waals surface area contributed by atoms with Crippen LogP contribution in [0.2, 0.25) is 0 Å². The number of carbonyl (C=O) groups is 1. The third kappa shape index (κ3) is 2.87. The van der Waals surface area contributed by atoms with Crippen LogP contribution >= 0.6 is 0 Å². The zero-order valence-electron chi connectivity index (χ0n) is 11.3. The van der Waals surface area contributed by atoms with Crippen molar-refractivity contribution in [3.63, 3.8) is 0 Å². The Hall–Kier alpha value is -3.20. The van der Waals surface area contributed by atoms with Crippen LogP contribution in [0.4, 0.5) is 11.4 Å². The minimum Gasteiger partial charge on any atom is -0.508 e. The summed E-state index contributed by atoms with van der Waals surface area (Å²) < 4.78 is 5.13. The highest BCUT2D eigenvalue weighted by Gasteiger charge is 2.16. The summed E-state index contributed by atoms with van der Waals surface area (Å²) in [4.78, 5) is 12.3. The standard InChI is InChI=1S/C15H13N3O3/c1-21-13-4-2-3-9(8-16)14(13)18-15(20)11-7-10(19)5-6-12(11)17/h2-7,19H,17H2,1H3,(H,18,20). The maximum Gasteiger partial charge on any atom is 0.258 e. The van der Waals surface area contributed by atoms with Gasteiger partial charge in [-0.3, -0.25) is 4.79 Å². The Balaban J connectivity index is 2.41. The number of benzene rings is 2. The molecule has 0 radical (unpaired) electrons. The second-order valence-corrected chi connectivity index (χ2v) is 4.22. The highest BCUT2D eigenvalue weighted by atomic mass is 16.5. The molecular weight excluding hydrogens is 270 g/mol. The lowest BCUT2D eigenvalue weighted by Gasteiger charge is -2.12. The number of amides is 1. The van der Waals surface area contributed by atoms with Crippen LogP contribution in [0.25, 0.3) is 0 Å². The molecule has 2 rings (SSSR count). The topological polar surface area (TPSA) is 108 Å². The summed E-state index contributed by atoms with van der Waals surface area (Å²) in [7, 11) is 1.44. The van der Waals surface area contributed by atoms with Gasteiger partial charge in [-0.05, 0) is 30.3 Å². The van der Waals surface area contributed by atoms with Crippen molar-refractivity contribution in [3.05, 3.63) is 47.5 Å². The van der Waals surface area contributed by atoms with Gasteiger partial charge in [-0.2, -0.15) is 5.26 Å². The minimum atomic E-state index is -0.538. The summed E-state index contributed by atoms with van der Waals surface area (Å²) in [6, 6.07) is 10.9. The van der Waals surface area contributed by atoms with Crippen LogP contribution in [0.5, 0.6) is 11.5 Å². The highest BCUT2D eigenvalue weighted by Crippen LogP contribution is 2.29. The summed E-state index contributed by atoms with van der Waals surface area (Å²) in [5.74, 6) is -0.250. The molecule has 1 amide bonds. The molecule has 2 aromatic rings. The van der Waals surface area contributed by atoms with Gasteiger partial charge in [0.1, 0.15) is 23.3 Å². The van der Waals surface area contributed by atoms with Crippen molar-refractivity contribution in [2.75, 3.05) is 18.2 Å². The second-order valence-electron chi connectivity index (χ2n) is 4.22. The average molecular weight is 283 g/mol. The van der Waals surface area contributed by atoms with Crippen molar-refractivity contribution in [2.24, 2.45) is 0 Å². The fraction of sp³-hybridized carbons (Fsp3) is 0.0667. The number of anilines is 2. The molecule has 0 bridgehead atoms. The second kappa shape index (κ2) is 5.84. The van der Waals surface area contributed by atoms with E-state index in [0.717, 1.165) is 0 Å². The Bertz CT molecular complexity index is 735. The summed E-state index contributed by atoms with van der Waals surface area (Å²) in [6.07, 6.45) is 0. The molecule has 2 aromatic carbocycles. The van der Waals surface area contributed by atoms with Crippen LogP contribution in [-0.2, 0) is 0 Å². The van der Waals surface area contributed by atoms with E-state index in [-0.39, 0.29) is 28.3 Å². The van der Waals surface area contributed by atoms with E-state index < -0.39 is 5.91 Å². The normalized spacial score (nSPS) is 9.71. The fourth-order valence-corrected chi connectivity index (χ4v) is 1.85. The van der Waals surface area contributed by atoms with Gasteiger partial charge in [0.25, 0.3) is 5.91 Å². The third-order valence-corrected chi connectivity index (χ3v) is 2.89. The number of nitrogens with two attached hydrogens (primary N) is 1. The lowest BCUT2D eigenvalue weighted by molar-refractivity contribution is 0.102. The van der Waals surface area contributed by atoms with Crippen LogP contribution in [0.1, 0.15) is 15.9 Å². The maximum absolute atomic E-state index is 12.3. The van der Waals surface area contributed by atoms with Crippen LogP contribution < -0.4 is 15.8 Å². The molecule has 0 unspecified atom stereocenters. The van der Waals surface area contributed by atoms with Gasteiger partial charge in [-0.1, -0.05) is 6.07 Å². The summed E-state index contributed by atoms with van der Waals surface area (Å²) in [5, 5.41) is 21.1. The Morgan fingerprint density at radius 1 is 1.38 bits per heavy atom. The molecule has 4 N–H and O–H groups in total. The number of para-hydroxylation sites is 1. The van der Waals surface area contributed by atoms with Gasteiger partial charge >= 0.3 is 0 Å². The zero-order chi connectivity index (χ0) is 15.4. The van der Waals surface area contributed by atoms with Gasteiger partial charge in [0.15, 0.2) is 0 Å². The molecule has 0 heterocycles. The number of hydrogen-bond acceptors (Lipinski definition) is 5. The number of hydrogen-bond donors (Lipinski definition) is 3. The number of aromatic hydroxyl groups is 1. The number of nitriles is 1. The molecule has 0 saturated heterocycles. The first-order chi connectivity index (χ1) is 10.1. The van der Waals surface area contributed by atoms with Gasteiger partial charge in [-0.25, -0.2) is 0 Å². The lowest BCUT2D eigenvalue weighted by atomic mass is 10.1. The average Bonchev–Trinajstić information content (AvgIpc) is 2.49. The number of nitrogen functional groups attached to an aromatic ring is 1. The van der Waals surface area contributed by atoms with E-state index in [9.17, 15) is 9.90 Å². The van der Waals surface area contributed by atoms with E-state index in [2.05, 4.69) is 5.32 Å². The van der Waals surface area contributed by atoms with E-state index in [4.69, 9.17) is 15.7 Å². The van der Waals surface area contributed by atoms with Gasteiger partial charge < -0.3 is 20.9 Å². The molecule has 0 aromatic heterocycles. The van der Waals surface area contributed by atoms with Gasteiger partial charge in [0, 0.05) is 5.69 Å². The van der Waals surface area contributed by atoms with E-state index in [1.54, 1.807) is 18.2 Å². The first kappa shape index (κ1) is 14.2. The molecule has 6 heteroatoms. The molecule has 21 heavy (non-hydrogen) atoms. The Morgan fingerprint density at radius 2 is 2.14 bits per heavy atom. The lowest BCUT2D eigenvalue weighted by Crippen LogP contribution is -2.15. The van der Waals surface area contributed by atoms with Gasteiger partial charge in [0.05, 0.1) is 18.2 Å². The Labute approximate surface area is 121 Å². The van der Waals surface area contributed by atoms with E-state index >= 15 is 0 Å². The van der Waals surface area contributed by atoms with E-state index in [1.807, 2.05) is 6.07 Å². The van der Waals surface area contributed by atoms with E-state index in [0.29, 0.717) is 5.75 Å². The van der Waals surface area contributed by atoms with Crippen molar-refractivity contribution in [1.82, 2.24) is 0 Å². The van der Waals surface area contributed by atoms with Crippen LogP contribution in [-0.4, -0.2) is 18.1 Å². The fourth-order valence-electron chi connectivity index (χ4n) is 1.85. The first-order valence-corrected chi connectivity index (χ1v) is 6.03. The number of methoxy groups -OCH3 is 1. The molecule has 0 spiro atoms. The Morgan fingerprint density at radius 3 is 2.81 bits per heavy atom. The smallest absolute Gasteiger partial charge is 0.258 e. The molecular formula is C15H13N3O3. The quantitative estimate of drug-likeness (QED) is 0.590. The SMILES string of the molecule is COc1cccc(C#N)c1NC(=O)c1cc(O)ccc1N. The number of carbonyl (C=O) groups excluding carboxylic acids is 1. The number of rotatable bonds is 3. The third-order valence-electron chi connectivity index (χ3n) is 2.89. The van der Waals surface area contributed by atoms with Crippen molar-refractivity contribution in [1.29, 1.82) is 5.26 Å². The molecule has 0 atom stereocenters.